The smallest absolute Gasteiger partial charge is 0.258 e. The molecule has 0 heterocycles. The van der Waals surface area contributed by atoms with Crippen LogP contribution < -0.4 is 0 Å². The molecule has 0 fully saturated rings. The number of nitrogens with zero attached hydrogens (tertiary/aromatic N) is 1. The summed E-state index contributed by atoms with van der Waals surface area (Å²) >= 11 is 11.2. The fourth-order valence-electron chi connectivity index (χ4n) is 1.18. The number of aryl methyl sites for hydroxylation is 1. The molecule has 0 spiro atoms. The molecule has 0 aliphatic rings. The Morgan fingerprint density at radius 2 is 2.14 bits per heavy atom. The van der Waals surface area contributed by atoms with E-state index in [2.05, 4.69) is 0 Å². The first kappa shape index (κ1) is 11.3. The summed E-state index contributed by atoms with van der Waals surface area (Å²) < 4.78 is 0. The van der Waals surface area contributed by atoms with Crippen LogP contribution in [0.2, 0.25) is 5.02 Å². The molecule has 5 heteroatoms. The topological polar surface area (TPSA) is 43.1 Å². The van der Waals surface area contributed by atoms with Crippen molar-refractivity contribution >= 4 is 28.9 Å². The van der Waals surface area contributed by atoms with E-state index in [4.69, 9.17) is 23.2 Å². The van der Waals surface area contributed by atoms with E-state index >= 15 is 0 Å². The summed E-state index contributed by atoms with van der Waals surface area (Å²) in [6.45, 7) is 0. The van der Waals surface area contributed by atoms with Crippen LogP contribution in [0.3, 0.4) is 0 Å². The number of alkyl halides is 1. The summed E-state index contributed by atoms with van der Waals surface area (Å²) in [5.41, 5.74) is 0.752. The summed E-state index contributed by atoms with van der Waals surface area (Å²) in [7, 11) is 0. The largest absolute Gasteiger partial charge is 0.274 e. The van der Waals surface area contributed by atoms with E-state index in [-0.39, 0.29) is 5.69 Å². The van der Waals surface area contributed by atoms with Crippen LogP contribution >= 0.6 is 23.2 Å². The third-order valence-electron chi connectivity index (χ3n) is 1.82. The third kappa shape index (κ3) is 2.86. The molecule has 76 valence electrons. The Balaban J connectivity index is 2.96. The van der Waals surface area contributed by atoms with Crippen molar-refractivity contribution in [3.63, 3.8) is 0 Å². The monoisotopic (exact) mass is 233 g/mol. The van der Waals surface area contributed by atoms with Crippen LogP contribution in [0.1, 0.15) is 12.0 Å². The van der Waals surface area contributed by atoms with Crippen LogP contribution in [0.4, 0.5) is 5.69 Å². The van der Waals surface area contributed by atoms with E-state index < -0.39 is 4.92 Å². The number of hydrogen-bond acceptors (Lipinski definition) is 2. The molecule has 0 aliphatic heterocycles. The molecule has 0 saturated heterocycles. The molecule has 0 amide bonds. The van der Waals surface area contributed by atoms with E-state index in [0.29, 0.717) is 22.9 Å². The average Bonchev–Trinajstić information content (AvgIpc) is 2.15. The average molecular weight is 234 g/mol. The Morgan fingerprint density at radius 3 is 2.71 bits per heavy atom. The number of benzene rings is 1. The number of rotatable bonds is 4. The molecule has 0 N–H and O–H groups in total. The van der Waals surface area contributed by atoms with E-state index in [1.54, 1.807) is 12.1 Å². The van der Waals surface area contributed by atoms with Crippen molar-refractivity contribution in [3.8, 4) is 0 Å². The van der Waals surface area contributed by atoms with Gasteiger partial charge < -0.3 is 0 Å². The normalized spacial score (nSPS) is 10.1. The van der Waals surface area contributed by atoms with Gasteiger partial charge in [0.1, 0.15) is 0 Å². The number of halogens is 2. The lowest BCUT2D eigenvalue weighted by molar-refractivity contribution is -0.385. The second-order valence-corrected chi connectivity index (χ2v) is 3.64. The molecule has 3 nitrogen and oxygen atoms in total. The molecule has 1 rings (SSSR count). The minimum atomic E-state index is -0.421. The Labute approximate surface area is 91.8 Å². The Bertz CT molecular complexity index is 342. The molecule has 1 aromatic carbocycles. The highest BCUT2D eigenvalue weighted by molar-refractivity contribution is 6.30. The van der Waals surface area contributed by atoms with Gasteiger partial charge in [0, 0.05) is 22.5 Å². The third-order valence-corrected chi connectivity index (χ3v) is 2.33. The van der Waals surface area contributed by atoms with Gasteiger partial charge in [-0.2, -0.15) is 0 Å². The molecule has 0 radical (unpaired) electrons. The lowest BCUT2D eigenvalue weighted by atomic mass is 10.1. The molecular formula is C9H9Cl2NO2. The standard InChI is InChI=1S/C9H9Cl2NO2/c10-5-1-2-7-3-4-8(11)6-9(7)12(13)14/h3-4,6H,1-2,5H2. The summed E-state index contributed by atoms with van der Waals surface area (Å²) in [5, 5.41) is 11.0. The zero-order valence-corrected chi connectivity index (χ0v) is 8.88. The highest BCUT2D eigenvalue weighted by Crippen LogP contribution is 2.24. The fourth-order valence-corrected chi connectivity index (χ4v) is 1.48. The van der Waals surface area contributed by atoms with E-state index in [0.717, 1.165) is 6.42 Å². The van der Waals surface area contributed by atoms with Crippen LogP contribution in [0.15, 0.2) is 18.2 Å². The quantitative estimate of drug-likeness (QED) is 0.455. The van der Waals surface area contributed by atoms with Crippen molar-refractivity contribution in [1.29, 1.82) is 0 Å². The van der Waals surface area contributed by atoms with Gasteiger partial charge >= 0.3 is 0 Å². The molecule has 1 aromatic rings. The minimum absolute atomic E-state index is 0.0719. The van der Waals surface area contributed by atoms with E-state index in [9.17, 15) is 10.1 Å². The Morgan fingerprint density at radius 1 is 1.43 bits per heavy atom. The lowest BCUT2D eigenvalue weighted by Gasteiger charge is -2.01. The molecule has 14 heavy (non-hydrogen) atoms. The van der Waals surface area contributed by atoms with Crippen molar-refractivity contribution in [1.82, 2.24) is 0 Å². The number of nitro benzene ring substituents is 1. The highest BCUT2D eigenvalue weighted by Gasteiger charge is 2.13. The number of nitro groups is 1. The van der Waals surface area contributed by atoms with Crippen LogP contribution in [-0.2, 0) is 6.42 Å². The molecule has 0 unspecified atom stereocenters. The van der Waals surface area contributed by atoms with Crippen molar-refractivity contribution < 1.29 is 4.92 Å². The molecule has 0 saturated carbocycles. The van der Waals surface area contributed by atoms with Gasteiger partial charge in [0.15, 0.2) is 0 Å². The van der Waals surface area contributed by atoms with Crippen molar-refractivity contribution in [2.24, 2.45) is 0 Å². The minimum Gasteiger partial charge on any atom is -0.258 e. The van der Waals surface area contributed by atoms with Gasteiger partial charge in [-0.05, 0) is 18.9 Å². The van der Waals surface area contributed by atoms with Gasteiger partial charge in [-0.1, -0.05) is 17.7 Å². The van der Waals surface area contributed by atoms with Gasteiger partial charge in [0.25, 0.3) is 5.69 Å². The highest BCUT2D eigenvalue weighted by atomic mass is 35.5. The summed E-state index contributed by atoms with van der Waals surface area (Å²) in [4.78, 5) is 10.2. The first-order chi connectivity index (χ1) is 6.65. The van der Waals surface area contributed by atoms with Crippen molar-refractivity contribution in [2.75, 3.05) is 5.88 Å². The first-order valence-electron chi connectivity index (χ1n) is 4.14. The van der Waals surface area contributed by atoms with Crippen molar-refractivity contribution in [3.05, 3.63) is 38.9 Å². The molecule has 0 aromatic heterocycles. The van der Waals surface area contributed by atoms with Crippen molar-refractivity contribution in [2.45, 2.75) is 12.8 Å². The van der Waals surface area contributed by atoms with E-state index in [1.165, 1.54) is 6.07 Å². The van der Waals surface area contributed by atoms with Gasteiger partial charge in [-0.15, -0.1) is 11.6 Å². The predicted octanol–water partition coefficient (Wildman–Crippen LogP) is 3.42. The second-order valence-electron chi connectivity index (χ2n) is 2.82. The molecule has 0 bridgehead atoms. The summed E-state index contributed by atoms with van der Waals surface area (Å²) in [6, 6.07) is 4.69. The maximum Gasteiger partial charge on any atom is 0.274 e. The fraction of sp³-hybridized carbons (Fsp3) is 0.333. The summed E-state index contributed by atoms with van der Waals surface area (Å²) in [5.74, 6) is 0.500. The SMILES string of the molecule is O=[N+]([O-])c1cc(Cl)ccc1CCCCl. The van der Waals surface area contributed by atoms with E-state index in [1.807, 2.05) is 0 Å². The Hall–Kier alpha value is -0.800. The molecular weight excluding hydrogens is 225 g/mol. The van der Waals surface area contributed by atoms with Gasteiger partial charge in [-0.25, -0.2) is 0 Å². The first-order valence-corrected chi connectivity index (χ1v) is 5.05. The van der Waals surface area contributed by atoms with Crippen LogP contribution in [0.25, 0.3) is 0 Å². The summed E-state index contributed by atoms with van der Waals surface area (Å²) in [6.07, 6.45) is 1.33. The lowest BCUT2D eigenvalue weighted by Crippen LogP contribution is -1.96. The van der Waals surface area contributed by atoms with Gasteiger partial charge in [-0.3, -0.25) is 10.1 Å². The zero-order valence-electron chi connectivity index (χ0n) is 7.37. The Kier molecular flexibility index (Phi) is 4.17. The van der Waals surface area contributed by atoms with Crippen LogP contribution in [0.5, 0.6) is 0 Å². The molecule has 0 aliphatic carbocycles. The van der Waals surface area contributed by atoms with Gasteiger partial charge in [0.2, 0.25) is 0 Å². The van der Waals surface area contributed by atoms with Gasteiger partial charge in [0.05, 0.1) is 4.92 Å². The van der Waals surface area contributed by atoms with Crippen LogP contribution in [-0.4, -0.2) is 10.8 Å². The molecule has 0 atom stereocenters. The second kappa shape index (κ2) is 5.17. The predicted molar refractivity (Wildman–Crippen MR) is 57.1 cm³/mol. The maximum atomic E-state index is 10.7. The zero-order chi connectivity index (χ0) is 10.6. The number of hydrogen-bond donors (Lipinski definition) is 0. The maximum absolute atomic E-state index is 10.7. The van der Waals surface area contributed by atoms with Crippen LogP contribution in [0, 0.1) is 10.1 Å².